The van der Waals surface area contributed by atoms with Crippen molar-refractivity contribution in [3.63, 3.8) is 0 Å². The lowest BCUT2D eigenvalue weighted by molar-refractivity contribution is -0.274. The Bertz CT molecular complexity index is 1070. The molecule has 2 amide bonds. The number of amides is 2. The SMILES string of the molecule is CCC1(C)CN(C(=O)Nc2ccc(OC(F)(F)F)cc2)N=C1c1ccc(C(F)(F)F)c(Cl)c1. The van der Waals surface area contributed by atoms with E-state index in [1.807, 2.05) is 13.8 Å². The van der Waals surface area contributed by atoms with Gasteiger partial charge in [0.2, 0.25) is 0 Å². The van der Waals surface area contributed by atoms with Crippen LogP contribution in [-0.4, -0.2) is 29.7 Å². The summed E-state index contributed by atoms with van der Waals surface area (Å²) < 4.78 is 79.6. The van der Waals surface area contributed by atoms with Gasteiger partial charge in [-0.05, 0) is 48.4 Å². The van der Waals surface area contributed by atoms with Gasteiger partial charge in [-0.25, -0.2) is 9.80 Å². The van der Waals surface area contributed by atoms with E-state index < -0.39 is 40.3 Å². The maximum atomic E-state index is 13.0. The van der Waals surface area contributed by atoms with Crippen LogP contribution in [0.3, 0.4) is 0 Å². The van der Waals surface area contributed by atoms with E-state index >= 15 is 0 Å². The van der Waals surface area contributed by atoms with Crippen LogP contribution in [0.15, 0.2) is 47.6 Å². The highest BCUT2D eigenvalue weighted by molar-refractivity contribution is 6.32. The van der Waals surface area contributed by atoms with Crippen LogP contribution in [-0.2, 0) is 6.18 Å². The summed E-state index contributed by atoms with van der Waals surface area (Å²) in [4.78, 5) is 12.7. The van der Waals surface area contributed by atoms with Crippen molar-refractivity contribution in [2.24, 2.45) is 10.5 Å². The van der Waals surface area contributed by atoms with E-state index in [-0.39, 0.29) is 12.2 Å². The van der Waals surface area contributed by atoms with E-state index in [4.69, 9.17) is 11.6 Å². The second-order valence-corrected chi connectivity index (χ2v) is 8.02. The predicted octanol–water partition coefficient (Wildman–Crippen LogP) is 6.93. The molecule has 1 aliphatic rings. The first-order valence-corrected chi connectivity index (χ1v) is 10.0. The van der Waals surface area contributed by atoms with Gasteiger partial charge in [0, 0.05) is 11.1 Å². The third kappa shape index (κ3) is 5.70. The topological polar surface area (TPSA) is 53.9 Å². The maximum absolute atomic E-state index is 13.0. The van der Waals surface area contributed by atoms with Crippen LogP contribution < -0.4 is 10.1 Å². The van der Waals surface area contributed by atoms with Crippen LogP contribution >= 0.6 is 11.6 Å². The average Bonchev–Trinajstić information content (AvgIpc) is 3.06. The van der Waals surface area contributed by atoms with Crippen molar-refractivity contribution in [2.75, 3.05) is 11.9 Å². The summed E-state index contributed by atoms with van der Waals surface area (Å²) >= 11 is 5.84. The summed E-state index contributed by atoms with van der Waals surface area (Å²) in [5.74, 6) is -0.445. The largest absolute Gasteiger partial charge is 0.573 e. The molecule has 2 aromatic rings. The molecule has 0 spiro atoms. The van der Waals surface area contributed by atoms with Gasteiger partial charge in [-0.3, -0.25) is 0 Å². The normalized spacial score (nSPS) is 18.8. The van der Waals surface area contributed by atoms with Crippen molar-refractivity contribution in [3.05, 3.63) is 58.6 Å². The summed E-state index contributed by atoms with van der Waals surface area (Å²) in [5, 5.41) is 7.45. The van der Waals surface area contributed by atoms with E-state index in [9.17, 15) is 31.1 Å². The molecular formula is C21H18ClF6N3O2. The minimum atomic E-state index is -4.84. The molecule has 5 nitrogen and oxygen atoms in total. The number of hydrogen-bond acceptors (Lipinski definition) is 3. The van der Waals surface area contributed by atoms with Crippen molar-refractivity contribution in [1.29, 1.82) is 0 Å². The molecule has 1 N–H and O–H groups in total. The number of ether oxygens (including phenoxy) is 1. The zero-order valence-electron chi connectivity index (χ0n) is 17.3. The number of benzene rings is 2. The number of urea groups is 1. The van der Waals surface area contributed by atoms with Crippen LogP contribution in [0.2, 0.25) is 5.02 Å². The van der Waals surface area contributed by atoms with Crippen molar-refractivity contribution < 1.29 is 35.9 Å². The average molecular weight is 494 g/mol. The number of carbonyl (C=O) groups is 1. The summed E-state index contributed by atoms with van der Waals surface area (Å²) in [5.41, 5.74) is -0.692. The van der Waals surface area contributed by atoms with Gasteiger partial charge < -0.3 is 10.1 Å². The molecule has 0 aliphatic carbocycles. The number of anilines is 1. The predicted molar refractivity (Wildman–Crippen MR) is 110 cm³/mol. The molecule has 1 atom stereocenters. The van der Waals surface area contributed by atoms with Crippen LogP contribution in [0, 0.1) is 5.41 Å². The Kier molecular flexibility index (Phi) is 6.56. The van der Waals surface area contributed by atoms with Crippen LogP contribution in [0.5, 0.6) is 5.75 Å². The molecule has 1 aliphatic heterocycles. The quantitative estimate of drug-likeness (QED) is 0.470. The number of hydrogen-bond donors (Lipinski definition) is 1. The number of carbonyl (C=O) groups excluding carboxylic acids is 1. The fourth-order valence-electron chi connectivity index (χ4n) is 3.31. The highest BCUT2D eigenvalue weighted by atomic mass is 35.5. The minimum absolute atomic E-state index is 0.137. The molecule has 0 saturated heterocycles. The summed E-state index contributed by atoms with van der Waals surface area (Å²) in [6.07, 6.45) is -8.91. The second-order valence-electron chi connectivity index (χ2n) is 7.62. The Morgan fingerprint density at radius 1 is 1.15 bits per heavy atom. The lowest BCUT2D eigenvalue weighted by atomic mass is 9.80. The standard InChI is InChI=1S/C21H18ClF6N3O2/c1-3-19(2)11-31(18(32)29-13-5-7-14(8-6-13)33-21(26,27)28)30-17(19)12-4-9-15(16(22)10-12)20(23,24)25/h4-10H,3,11H2,1-2H3,(H,29,32). The molecule has 2 aromatic carbocycles. The van der Waals surface area contributed by atoms with Gasteiger partial charge in [0.1, 0.15) is 5.75 Å². The Hall–Kier alpha value is -2.95. The molecule has 0 aromatic heterocycles. The van der Waals surface area contributed by atoms with E-state index in [1.165, 1.54) is 18.2 Å². The first kappa shape index (κ1) is 24.7. The molecule has 12 heteroatoms. The molecule has 3 rings (SSSR count). The van der Waals surface area contributed by atoms with Gasteiger partial charge in [0.15, 0.2) is 0 Å². The van der Waals surface area contributed by atoms with Gasteiger partial charge in [-0.2, -0.15) is 18.3 Å². The van der Waals surface area contributed by atoms with Crippen LogP contribution in [0.25, 0.3) is 0 Å². The zero-order valence-corrected chi connectivity index (χ0v) is 18.1. The van der Waals surface area contributed by atoms with Crippen LogP contribution in [0.4, 0.5) is 36.8 Å². The Morgan fingerprint density at radius 2 is 1.79 bits per heavy atom. The number of alkyl halides is 6. The summed E-state index contributed by atoms with van der Waals surface area (Å²) in [7, 11) is 0. The summed E-state index contributed by atoms with van der Waals surface area (Å²) in [6.45, 7) is 3.80. The van der Waals surface area contributed by atoms with Crippen molar-refractivity contribution >= 4 is 29.0 Å². The smallest absolute Gasteiger partial charge is 0.406 e. The lowest BCUT2D eigenvalue weighted by Crippen LogP contribution is -2.35. The number of rotatable bonds is 4. The number of nitrogens with zero attached hydrogens (tertiary/aromatic N) is 2. The van der Waals surface area contributed by atoms with Crippen LogP contribution in [0.1, 0.15) is 31.4 Å². The fourth-order valence-corrected chi connectivity index (χ4v) is 3.59. The van der Waals surface area contributed by atoms with Gasteiger partial charge in [-0.1, -0.05) is 31.5 Å². The fraction of sp³-hybridized carbons (Fsp3) is 0.333. The first-order chi connectivity index (χ1) is 15.2. The van der Waals surface area contributed by atoms with E-state index in [0.29, 0.717) is 17.7 Å². The molecule has 0 saturated carbocycles. The third-order valence-electron chi connectivity index (χ3n) is 5.19. The van der Waals surface area contributed by atoms with E-state index in [0.717, 1.165) is 29.3 Å². The van der Waals surface area contributed by atoms with Gasteiger partial charge >= 0.3 is 18.6 Å². The van der Waals surface area contributed by atoms with Crippen molar-refractivity contribution in [2.45, 2.75) is 32.8 Å². The maximum Gasteiger partial charge on any atom is 0.573 e. The monoisotopic (exact) mass is 493 g/mol. The molecule has 0 radical (unpaired) electrons. The molecule has 1 heterocycles. The minimum Gasteiger partial charge on any atom is -0.406 e. The van der Waals surface area contributed by atoms with Gasteiger partial charge in [-0.15, -0.1) is 13.2 Å². The van der Waals surface area contributed by atoms with Crippen molar-refractivity contribution in [3.8, 4) is 5.75 Å². The lowest BCUT2D eigenvalue weighted by Gasteiger charge is -2.25. The first-order valence-electron chi connectivity index (χ1n) is 9.62. The Morgan fingerprint density at radius 3 is 2.30 bits per heavy atom. The molecular weight excluding hydrogens is 476 g/mol. The van der Waals surface area contributed by atoms with E-state index in [1.54, 1.807) is 0 Å². The Labute approximate surface area is 190 Å². The van der Waals surface area contributed by atoms with Gasteiger partial charge in [0.05, 0.1) is 22.8 Å². The zero-order chi connectivity index (χ0) is 24.6. The Balaban J connectivity index is 1.81. The molecule has 1 unspecified atom stereocenters. The van der Waals surface area contributed by atoms with Gasteiger partial charge in [0.25, 0.3) is 0 Å². The number of hydrazone groups is 1. The summed E-state index contributed by atoms with van der Waals surface area (Å²) in [6, 6.07) is 7.17. The van der Waals surface area contributed by atoms with Crippen molar-refractivity contribution in [1.82, 2.24) is 5.01 Å². The molecule has 0 bridgehead atoms. The third-order valence-corrected chi connectivity index (χ3v) is 5.51. The van der Waals surface area contributed by atoms with E-state index in [2.05, 4.69) is 15.2 Å². The second kappa shape index (κ2) is 8.77. The molecule has 0 fully saturated rings. The highest BCUT2D eigenvalue weighted by Gasteiger charge is 2.41. The number of nitrogens with one attached hydrogen (secondary N) is 1. The highest BCUT2D eigenvalue weighted by Crippen LogP contribution is 2.39. The number of halogens is 7. The molecule has 33 heavy (non-hydrogen) atoms. The molecule has 178 valence electrons.